The standard InChI is InChI=1S/C16H22FN3/c1-19-8-7-15-4-2-3-9-20(15)12-13-5-6-16(17)14(10-13)11-18/h5-6,10,15,19H,2-4,7-9,12H2,1H3. The van der Waals surface area contributed by atoms with Gasteiger partial charge in [-0.15, -0.1) is 0 Å². The minimum absolute atomic E-state index is 0.145. The van der Waals surface area contributed by atoms with Crippen LogP contribution in [0, 0.1) is 17.1 Å². The van der Waals surface area contributed by atoms with Crippen LogP contribution in [-0.4, -0.2) is 31.1 Å². The van der Waals surface area contributed by atoms with Crippen molar-refractivity contribution >= 4 is 0 Å². The molecule has 0 radical (unpaired) electrons. The smallest absolute Gasteiger partial charge is 0.140 e. The molecule has 0 aliphatic carbocycles. The summed E-state index contributed by atoms with van der Waals surface area (Å²) in [5, 5.41) is 12.1. The van der Waals surface area contributed by atoms with Crippen LogP contribution in [0.15, 0.2) is 18.2 Å². The summed E-state index contributed by atoms with van der Waals surface area (Å²) in [6.07, 6.45) is 4.89. The van der Waals surface area contributed by atoms with Gasteiger partial charge in [0.05, 0.1) is 5.56 Å². The molecule has 0 spiro atoms. The molecule has 0 bridgehead atoms. The van der Waals surface area contributed by atoms with Crippen LogP contribution in [-0.2, 0) is 6.54 Å². The summed E-state index contributed by atoms with van der Waals surface area (Å²) in [6.45, 7) is 2.92. The molecule has 1 fully saturated rings. The second-order valence-corrected chi connectivity index (χ2v) is 5.44. The monoisotopic (exact) mass is 275 g/mol. The first-order chi connectivity index (χ1) is 9.74. The van der Waals surface area contributed by atoms with Gasteiger partial charge in [0.15, 0.2) is 0 Å². The molecule has 2 rings (SSSR count). The Morgan fingerprint density at radius 1 is 1.45 bits per heavy atom. The number of piperidine rings is 1. The zero-order chi connectivity index (χ0) is 14.4. The van der Waals surface area contributed by atoms with Gasteiger partial charge in [0.25, 0.3) is 0 Å². The Balaban J connectivity index is 2.04. The van der Waals surface area contributed by atoms with Gasteiger partial charge in [-0.2, -0.15) is 5.26 Å². The van der Waals surface area contributed by atoms with Crippen molar-refractivity contribution in [3.05, 3.63) is 35.1 Å². The number of nitriles is 1. The number of hydrogen-bond acceptors (Lipinski definition) is 3. The quantitative estimate of drug-likeness (QED) is 0.898. The van der Waals surface area contributed by atoms with Crippen molar-refractivity contribution in [1.82, 2.24) is 10.2 Å². The van der Waals surface area contributed by atoms with Gasteiger partial charge >= 0.3 is 0 Å². The predicted molar refractivity (Wildman–Crippen MR) is 77.7 cm³/mol. The third-order valence-electron chi connectivity index (χ3n) is 4.01. The Morgan fingerprint density at radius 3 is 3.05 bits per heavy atom. The topological polar surface area (TPSA) is 39.1 Å². The largest absolute Gasteiger partial charge is 0.320 e. The zero-order valence-electron chi connectivity index (χ0n) is 12.0. The van der Waals surface area contributed by atoms with Crippen LogP contribution < -0.4 is 5.32 Å². The summed E-state index contributed by atoms with van der Waals surface area (Å²) in [6, 6.07) is 7.38. The van der Waals surface area contributed by atoms with Gasteiger partial charge in [-0.3, -0.25) is 4.90 Å². The van der Waals surface area contributed by atoms with Crippen LogP contribution in [0.1, 0.15) is 36.8 Å². The van der Waals surface area contributed by atoms with Gasteiger partial charge < -0.3 is 5.32 Å². The molecule has 1 aromatic carbocycles. The van der Waals surface area contributed by atoms with E-state index in [0.29, 0.717) is 6.04 Å². The molecule has 1 aliphatic heterocycles. The summed E-state index contributed by atoms with van der Waals surface area (Å²) in [5.74, 6) is -0.429. The van der Waals surface area contributed by atoms with Crippen LogP contribution in [0.2, 0.25) is 0 Å². The van der Waals surface area contributed by atoms with E-state index >= 15 is 0 Å². The van der Waals surface area contributed by atoms with Crippen LogP contribution in [0.5, 0.6) is 0 Å². The van der Waals surface area contributed by atoms with Gasteiger partial charge in [-0.05, 0) is 57.1 Å². The van der Waals surface area contributed by atoms with Crippen molar-refractivity contribution in [3.63, 3.8) is 0 Å². The van der Waals surface area contributed by atoms with Gasteiger partial charge in [-0.1, -0.05) is 12.5 Å². The molecule has 1 heterocycles. The lowest BCUT2D eigenvalue weighted by Crippen LogP contribution is -2.40. The van der Waals surface area contributed by atoms with Crippen molar-refractivity contribution in [2.75, 3.05) is 20.1 Å². The van der Waals surface area contributed by atoms with Gasteiger partial charge in [0.2, 0.25) is 0 Å². The number of nitrogens with one attached hydrogen (secondary N) is 1. The molecular formula is C16H22FN3. The van der Waals surface area contributed by atoms with E-state index in [1.54, 1.807) is 12.1 Å². The van der Waals surface area contributed by atoms with Gasteiger partial charge in [-0.25, -0.2) is 4.39 Å². The van der Waals surface area contributed by atoms with E-state index in [9.17, 15) is 4.39 Å². The summed E-state index contributed by atoms with van der Waals surface area (Å²) < 4.78 is 13.3. The Bertz CT molecular complexity index is 481. The lowest BCUT2D eigenvalue weighted by atomic mass is 9.98. The van der Waals surface area contributed by atoms with E-state index < -0.39 is 5.82 Å². The SMILES string of the molecule is CNCCC1CCCCN1Cc1ccc(F)c(C#N)c1. The minimum Gasteiger partial charge on any atom is -0.320 e. The molecule has 4 heteroatoms. The average Bonchev–Trinajstić information content (AvgIpc) is 2.48. The molecule has 108 valence electrons. The third kappa shape index (κ3) is 3.78. The van der Waals surface area contributed by atoms with Gasteiger partial charge in [0, 0.05) is 12.6 Å². The van der Waals surface area contributed by atoms with E-state index in [4.69, 9.17) is 5.26 Å². The summed E-state index contributed by atoms with van der Waals surface area (Å²) >= 11 is 0. The average molecular weight is 275 g/mol. The second kappa shape index (κ2) is 7.37. The van der Waals surface area contributed by atoms with Crippen LogP contribution >= 0.6 is 0 Å². The molecule has 1 N–H and O–H groups in total. The van der Waals surface area contributed by atoms with Crippen molar-refractivity contribution < 1.29 is 4.39 Å². The number of halogens is 1. The highest BCUT2D eigenvalue weighted by Gasteiger charge is 2.22. The molecular weight excluding hydrogens is 253 g/mol. The maximum Gasteiger partial charge on any atom is 0.140 e. The summed E-state index contributed by atoms with van der Waals surface area (Å²) in [7, 11) is 1.98. The highest BCUT2D eigenvalue weighted by molar-refractivity contribution is 5.34. The molecule has 20 heavy (non-hydrogen) atoms. The molecule has 1 unspecified atom stereocenters. The highest BCUT2D eigenvalue weighted by atomic mass is 19.1. The molecule has 0 aromatic heterocycles. The number of likely N-dealkylation sites (tertiary alicyclic amines) is 1. The Kier molecular flexibility index (Phi) is 5.51. The van der Waals surface area contributed by atoms with Gasteiger partial charge in [0.1, 0.15) is 11.9 Å². The lowest BCUT2D eigenvalue weighted by Gasteiger charge is -2.36. The Labute approximate surface area is 120 Å². The first-order valence-corrected chi connectivity index (χ1v) is 7.31. The van der Waals surface area contributed by atoms with Crippen LogP contribution in [0.4, 0.5) is 4.39 Å². The van der Waals surface area contributed by atoms with E-state index in [1.807, 2.05) is 13.1 Å². The van der Waals surface area contributed by atoms with Crippen molar-refractivity contribution in [2.45, 2.75) is 38.3 Å². The molecule has 1 aliphatic rings. The molecule has 0 amide bonds. The number of rotatable bonds is 5. The first kappa shape index (κ1) is 15.0. The van der Waals surface area contributed by atoms with Crippen LogP contribution in [0.25, 0.3) is 0 Å². The third-order valence-corrected chi connectivity index (χ3v) is 4.01. The minimum atomic E-state index is -0.429. The summed E-state index contributed by atoms with van der Waals surface area (Å²) in [4.78, 5) is 2.47. The van der Waals surface area contributed by atoms with Crippen LogP contribution in [0.3, 0.4) is 0 Å². The van der Waals surface area contributed by atoms with E-state index in [1.165, 1.54) is 25.3 Å². The number of nitrogens with zero attached hydrogens (tertiary/aromatic N) is 2. The van der Waals surface area contributed by atoms with Crippen molar-refractivity contribution in [3.8, 4) is 6.07 Å². The lowest BCUT2D eigenvalue weighted by molar-refractivity contribution is 0.132. The molecule has 0 saturated carbocycles. The Morgan fingerprint density at radius 2 is 2.30 bits per heavy atom. The fourth-order valence-corrected chi connectivity index (χ4v) is 2.90. The maximum atomic E-state index is 13.3. The first-order valence-electron chi connectivity index (χ1n) is 7.31. The number of hydrogen-bond donors (Lipinski definition) is 1. The zero-order valence-corrected chi connectivity index (χ0v) is 12.0. The molecule has 1 aromatic rings. The van der Waals surface area contributed by atoms with E-state index in [2.05, 4.69) is 10.2 Å². The van der Waals surface area contributed by atoms with Crippen molar-refractivity contribution in [1.29, 1.82) is 5.26 Å². The molecule has 1 atom stereocenters. The fourth-order valence-electron chi connectivity index (χ4n) is 2.90. The van der Waals surface area contributed by atoms with E-state index in [0.717, 1.165) is 31.6 Å². The maximum absolute atomic E-state index is 13.3. The summed E-state index contributed by atoms with van der Waals surface area (Å²) in [5.41, 5.74) is 1.17. The highest BCUT2D eigenvalue weighted by Crippen LogP contribution is 2.22. The molecule has 3 nitrogen and oxygen atoms in total. The van der Waals surface area contributed by atoms with Crippen molar-refractivity contribution in [2.24, 2.45) is 0 Å². The number of benzene rings is 1. The Hall–Kier alpha value is -1.44. The fraction of sp³-hybridized carbons (Fsp3) is 0.562. The molecule has 1 saturated heterocycles. The van der Waals surface area contributed by atoms with E-state index in [-0.39, 0.29) is 5.56 Å². The normalized spacial score (nSPS) is 19.8. The predicted octanol–water partition coefficient (Wildman–Crippen LogP) is 2.66. The second-order valence-electron chi connectivity index (χ2n) is 5.44.